The summed E-state index contributed by atoms with van der Waals surface area (Å²) < 4.78 is 2.12. The van der Waals surface area contributed by atoms with Crippen molar-refractivity contribution < 1.29 is 4.79 Å². The van der Waals surface area contributed by atoms with Gasteiger partial charge in [0.15, 0.2) is 5.82 Å². The van der Waals surface area contributed by atoms with Crippen molar-refractivity contribution in [2.75, 3.05) is 0 Å². The SMILES string of the molecule is Cc1nc(C(NC(=O)c2cc(C)n(-c3ccccc3C)c2C)c2ccccc2)n[nH]1. The van der Waals surface area contributed by atoms with Gasteiger partial charge in [-0.1, -0.05) is 48.5 Å². The molecule has 2 aromatic heterocycles. The van der Waals surface area contributed by atoms with Crippen molar-refractivity contribution in [1.82, 2.24) is 25.1 Å². The van der Waals surface area contributed by atoms with Gasteiger partial charge in [-0.15, -0.1) is 0 Å². The number of para-hydroxylation sites is 1. The minimum absolute atomic E-state index is 0.153. The first-order valence-corrected chi connectivity index (χ1v) is 9.95. The average Bonchev–Trinajstić information content (AvgIpc) is 3.30. The summed E-state index contributed by atoms with van der Waals surface area (Å²) in [5, 5.41) is 10.3. The summed E-state index contributed by atoms with van der Waals surface area (Å²) in [7, 11) is 0. The van der Waals surface area contributed by atoms with Crippen LogP contribution in [0.1, 0.15) is 50.6 Å². The molecule has 4 rings (SSSR count). The number of carbonyl (C=O) groups excluding carboxylic acids is 1. The standard InChI is InChI=1S/C24H25N5O/c1-15-10-8-9-13-21(15)29-16(2)14-20(17(29)3)24(30)26-22(19-11-6-5-7-12-19)23-25-18(4)27-28-23/h5-14,22H,1-4H3,(H,26,30)(H,25,27,28). The molecule has 0 bridgehead atoms. The summed E-state index contributed by atoms with van der Waals surface area (Å²) in [5.74, 6) is 1.09. The van der Waals surface area contributed by atoms with Crippen LogP contribution >= 0.6 is 0 Å². The highest BCUT2D eigenvalue weighted by molar-refractivity contribution is 5.96. The molecule has 0 saturated carbocycles. The molecule has 1 amide bonds. The smallest absolute Gasteiger partial charge is 0.253 e. The number of amides is 1. The third kappa shape index (κ3) is 3.64. The van der Waals surface area contributed by atoms with Crippen molar-refractivity contribution in [3.05, 3.63) is 100 Å². The molecule has 0 spiro atoms. The number of carbonyl (C=O) groups is 1. The van der Waals surface area contributed by atoms with Crippen molar-refractivity contribution in [2.24, 2.45) is 0 Å². The van der Waals surface area contributed by atoms with Crippen molar-refractivity contribution >= 4 is 5.91 Å². The van der Waals surface area contributed by atoms with Gasteiger partial charge in [-0.25, -0.2) is 4.98 Å². The van der Waals surface area contributed by atoms with E-state index in [2.05, 4.69) is 44.1 Å². The van der Waals surface area contributed by atoms with Crippen molar-refractivity contribution in [3.63, 3.8) is 0 Å². The molecule has 1 atom stereocenters. The van der Waals surface area contributed by atoms with Crippen LogP contribution in [0, 0.1) is 27.7 Å². The molecule has 0 aliphatic heterocycles. The maximum absolute atomic E-state index is 13.3. The number of H-pyrrole nitrogens is 1. The van der Waals surface area contributed by atoms with Crippen LogP contribution < -0.4 is 5.32 Å². The summed E-state index contributed by atoms with van der Waals surface area (Å²) in [4.78, 5) is 17.8. The highest BCUT2D eigenvalue weighted by atomic mass is 16.1. The van der Waals surface area contributed by atoms with Gasteiger partial charge >= 0.3 is 0 Å². The molecule has 2 aromatic carbocycles. The molecule has 1 unspecified atom stereocenters. The molecule has 0 radical (unpaired) electrons. The lowest BCUT2D eigenvalue weighted by molar-refractivity contribution is 0.0941. The van der Waals surface area contributed by atoms with Crippen LogP contribution in [0.2, 0.25) is 0 Å². The lowest BCUT2D eigenvalue weighted by Crippen LogP contribution is -2.30. The second kappa shape index (κ2) is 7.99. The highest BCUT2D eigenvalue weighted by Gasteiger charge is 2.24. The number of hydrogen-bond donors (Lipinski definition) is 2. The number of aromatic amines is 1. The van der Waals surface area contributed by atoms with E-state index < -0.39 is 6.04 Å². The van der Waals surface area contributed by atoms with Gasteiger partial charge in [-0.3, -0.25) is 9.89 Å². The van der Waals surface area contributed by atoms with E-state index in [1.807, 2.05) is 69.3 Å². The van der Waals surface area contributed by atoms with Gasteiger partial charge in [0.25, 0.3) is 5.91 Å². The molecule has 4 aromatic rings. The molecule has 6 heteroatoms. The van der Waals surface area contributed by atoms with Gasteiger partial charge < -0.3 is 9.88 Å². The maximum atomic E-state index is 13.3. The zero-order valence-corrected chi connectivity index (χ0v) is 17.6. The Hall–Kier alpha value is -3.67. The molecule has 0 saturated heterocycles. The summed E-state index contributed by atoms with van der Waals surface area (Å²) >= 11 is 0. The van der Waals surface area contributed by atoms with Crippen molar-refractivity contribution in [3.8, 4) is 5.69 Å². The van der Waals surface area contributed by atoms with Gasteiger partial charge in [0, 0.05) is 17.1 Å². The summed E-state index contributed by atoms with van der Waals surface area (Å²) in [6.45, 7) is 7.91. The lowest BCUT2D eigenvalue weighted by atomic mass is 10.1. The summed E-state index contributed by atoms with van der Waals surface area (Å²) in [5.41, 5.74) is 5.72. The fourth-order valence-corrected chi connectivity index (χ4v) is 3.82. The molecule has 0 aliphatic rings. The third-order valence-corrected chi connectivity index (χ3v) is 5.31. The highest BCUT2D eigenvalue weighted by Crippen LogP contribution is 2.25. The topological polar surface area (TPSA) is 75.6 Å². The first kappa shape index (κ1) is 19.6. The van der Waals surface area contributed by atoms with Crippen LogP contribution in [0.15, 0.2) is 60.7 Å². The minimum atomic E-state index is -0.440. The summed E-state index contributed by atoms with van der Waals surface area (Å²) in [6, 6.07) is 19.4. The predicted octanol–water partition coefficient (Wildman–Crippen LogP) is 4.35. The van der Waals surface area contributed by atoms with Gasteiger partial charge in [-0.2, -0.15) is 5.10 Å². The van der Waals surface area contributed by atoms with Gasteiger partial charge in [0.2, 0.25) is 0 Å². The molecule has 30 heavy (non-hydrogen) atoms. The number of benzene rings is 2. The molecule has 2 N–H and O–H groups in total. The average molecular weight is 399 g/mol. The lowest BCUT2D eigenvalue weighted by Gasteiger charge is -2.17. The van der Waals surface area contributed by atoms with Crippen LogP contribution in [-0.2, 0) is 0 Å². The maximum Gasteiger partial charge on any atom is 0.253 e. The van der Waals surface area contributed by atoms with Gasteiger partial charge in [0.05, 0.1) is 5.56 Å². The van der Waals surface area contributed by atoms with Crippen LogP contribution in [0.4, 0.5) is 0 Å². The van der Waals surface area contributed by atoms with E-state index in [0.717, 1.165) is 28.2 Å². The Kier molecular flexibility index (Phi) is 5.23. The van der Waals surface area contributed by atoms with E-state index in [9.17, 15) is 4.79 Å². The molecule has 2 heterocycles. The second-order valence-corrected chi connectivity index (χ2v) is 7.50. The van der Waals surface area contributed by atoms with E-state index in [-0.39, 0.29) is 5.91 Å². The minimum Gasteiger partial charge on any atom is -0.338 e. The Bertz CT molecular complexity index is 1190. The fourth-order valence-electron chi connectivity index (χ4n) is 3.82. The van der Waals surface area contributed by atoms with E-state index in [4.69, 9.17) is 0 Å². The number of hydrogen-bond acceptors (Lipinski definition) is 3. The van der Waals surface area contributed by atoms with Crippen LogP contribution in [0.5, 0.6) is 0 Å². The Morgan fingerprint density at radius 1 is 1.00 bits per heavy atom. The quantitative estimate of drug-likeness (QED) is 0.524. The number of nitrogens with zero attached hydrogens (tertiary/aromatic N) is 3. The van der Waals surface area contributed by atoms with E-state index in [1.54, 1.807) is 0 Å². The Morgan fingerprint density at radius 3 is 2.37 bits per heavy atom. The van der Waals surface area contributed by atoms with Crippen LogP contribution in [0.3, 0.4) is 0 Å². The van der Waals surface area contributed by atoms with E-state index in [1.165, 1.54) is 0 Å². The van der Waals surface area contributed by atoms with Crippen molar-refractivity contribution in [2.45, 2.75) is 33.7 Å². The van der Waals surface area contributed by atoms with Gasteiger partial charge in [0.1, 0.15) is 11.9 Å². The van der Waals surface area contributed by atoms with E-state index >= 15 is 0 Å². The Balaban J connectivity index is 1.70. The van der Waals surface area contributed by atoms with Crippen LogP contribution in [0.25, 0.3) is 5.69 Å². The normalized spacial score (nSPS) is 12.0. The number of nitrogens with one attached hydrogen (secondary N) is 2. The molecule has 152 valence electrons. The molecular weight excluding hydrogens is 374 g/mol. The molecular formula is C24H25N5O. The third-order valence-electron chi connectivity index (χ3n) is 5.31. The number of rotatable bonds is 5. The number of aromatic nitrogens is 4. The Labute approximate surface area is 176 Å². The fraction of sp³-hybridized carbons (Fsp3) is 0.208. The Morgan fingerprint density at radius 2 is 1.70 bits per heavy atom. The second-order valence-electron chi connectivity index (χ2n) is 7.50. The predicted molar refractivity (Wildman–Crippen MR) is 117 cm³/mol. The molecule has 6 nitrogen and oxygen atoms in total. The van der Waals surface area contributed by atoms with Crippen molar-refractivity contribution in [1.29, 1.82) is 0 Å². The zero-order chi connectivity index (χ0) is 21.3. The largest absolute Gasteiger partial charge is 0.338 e. The van der Waals surface area contributed by atoms with Crippen LogP contribution in [-0.4, -0.2) is 25.7 Å². The number of aryl methyl sites for hydroxylation is 3. The first-order chi connectivity index (χ1) is 14.5. The molecule has 0 aliphatic carbocycles. The zero-order valence-electron chi connectivity index (χ0n) is 17.6. The van der Waals surface area contributed by atoms with Gasteiger partial charge in [-0.05, 0) is 51.0 Å². The monoisotopic (exact) mass is 399 g/mol. The first-order valence-electron chi connectivity index (χ1n) is 9.95. The van der Waals surface area contributed by atoms with E-state index in [0.29, 0.717) is 17.2 Å². The molecule has 0 fully saturated rings. The summed E-state index contributed by atoms with van der Waals surface area (Å²) in [6.07, 6.45) is 0.